The fourth-order valence-corrected chi connectivity index (χ4v) is 2.33. The molecule has 0 saturated carbocycles. The number of imide groups is 1. The highest BCUT2D eigenvalue weighted by molar-refractivity contribution is 6.04. The molecule has 2 aromatic carbocycles. The van der Waals surface area contributed by atoms with Crippen molar-refractivity contribution in [1.82, 2.24) is 5.32 Å². The lowest BCUT2D eigenvalue weighted by Crippen LogP contribution is -2.31. The molecule has 1 N–H and O–H groups in total. The average molecular weight is 338 g/mol. The SMILES string of the molecule is COc1ccc(C(C#N)CC(=O)NC(=O)c2ccccc2)cc1OC. The van der Waals surface area contributed by atoms with Gasteiger partial charge in [-0.05, 0) is 29.8 Å². The van der Waals surface area contributed by atoms with Gasteiger partial charge in [0, 0.05) is 12.0 Å². The maximum Gasteiger partial charge on any atom is 0.257 e. The third-order valence-electron chi connectivity index (χ3n) is 3.64. The molecule has 0 fully saturated rings. The predicted octanol–water partition coefficient (Wildman–Crippen LogP) is 2.66. The molecule has 1 unspecified atom stereocenters. The molecular weight excluding hydrogens is 320 g/mol. The molecule has 6 nitrogen and oxygen atoms in total. The van der Waals surface area contributed by atoms with Crippen molar-refractivity contribution in [3.63, 3.8) is 0 Å². The maximum absolute atomic E-state index is 12.1. The largest absolute Gasteiger partial charge is 0.493 e. The zero-order chi connectivity index (χ0) is 18.2. The second kappa shape index (κ2) is 8.50. The standard InChI is InChI=1S/C19H18N2O4/c1-24-16-9-8-14(10-17(16)25-2)15(12-20)11-18(22)21-19(23)13-6-4-3-5-7-13/h3-10,15H,11H2,1-2H3,(H,21,22,23). The Hall–Kier alpha value is -3.33. The Labute approximate surface area is 146 Å². The van der Waals surface area contributed by atoms with Crippen LogP contribution in [-0.4, -0.2) is 26.0 Å². The molecule has 0 aliphatic carbocycles. The van der Waals surface area contributed by atoms with Gasteiger partial charge in [-0.2, -0.15) is 5.26 Å². The number of carbonyl (C=O) groups excluding carboxylic acids is 2. The smallest absolute Gasteiger partial charge is 0.257 e. The molecular formula is C19H18N2O4. The van der Waals surface area contributed by atoms with Gasteiger partial charge in [-0.1, -0.05) is 24.3 Å². The molecule has 2 aromatic rings. The molecule has 2 rings (SSSR count). The van der Waals surface area contributed by atoms with Gasteiger partial charge in [0.2, 0.25) is 5.91 Å². The number of methoxy groups -OCH3 is 2. The van der Waals surface area contributed by atoms with E-state index in [0.29, 0.717) is 22.6 Å². The van der Waals surface area contributed by atoms with E-state index in [4.69, 9.17) is 9.47 Å². The Morgan fingerprint density at radius 2 is 1.76 bits per heavy atom. The van der Waals surface area contributed by atoms with E-state index in [2.05, 4.69) is 11.4 Å². The van der Waals surface area contributed by atoms with Crippen LogP contribution in [0.2, 0.25) is 0 Å². The van der Waals surface area contributed by atoms with E-state index in [1.807, 2.05) is 0 Å². The predicted molar refractivity (Wildman–Crippen MR) is 91.4 cm³/mol. The maximum atomic E-state index is 12.1. The lowest BCUT2D eigenvalue weighted by molar-refractivity contribution is -0.120. The van der Waals surface area contributed by atoms with Crippen LogP contribution in [-0.2, 0) is 4.79 Å². The van der Waals surface area contributed by atoms with Crippen molar-refractivity contribution >= 4 is 11.8 Å². The van der Waals surface area contributed by atoms with Gasteiger partial charge in [-0.25, -0.2) is 0 Å². The van der Waals surface area contributed by atoms with Crippen LogP contribution in [0.1, 0.15) is 28.3 Å². The Balaban J connectivity index is 2.08. The summed E-state index contributed by atoms with van der Waals surface area (Å²) in [6.07, 6.45) is -0.134. The van der Waals surface area contributed by atoms with E-state index in [1.54, 1.807) is 48.5 Å². The lowest BCUT2D eigenvalue weighted by atomic mass is 9.96. The number of carbonyl (C=O) groups is 2. The van der Waals surface area contributed by atoms with E-state index in [9.17, 15) is 14.9 Å². The van der Waals surface area contributed by atoms with E-state index in [1.165, 1.54) is 14.2 Å². The minimum absolute atomic E-state index is 0.134. The quantitative estimate of drug-likeness (QED) is 0.875. The van der Waals surface area contributed by atoms with Gasteiger partial charge in [0.1, 0.15) is 0 Å². The van der Waals surface area contributed by atoms with Crippen molar-refractivity contribution < 1.29 is 19.1 Å². The first kappa shape index (κ1) is 18.0. The van der Waals surface area contributed by atoms with E-state index < -0.39 is 17.7 Å². The number of hydrogen-bond acceptors (Lipinski definition) is 5. The van der Waals surface area contributed by atoms with Crippen LogP contribution in [0.15, 0.2) is 48.5 Å². The number of rotatable bonds is 6. The van der Waals surface area contributed by atoms with Crippen LogP contribution in [0.4, 0.5) is 0 Å². The molecule has 128 valence electrons. The molecule has 1 atom stereocenters. The summed E-state index contributed by atoms with van der Waals surface area (Å²) in [5.41, 5.74) is 0.998. The number of nitriles is 1. The summed E-state index contributed by atoms with van der Waals surface area (Å²) in [7, 11) is 3.01. The Bertz CT molecular complexity index is 797. The Morgan fingerprint density at radius 1 is 1.08 bits per heavy atom. The molecule has 0 aliphatic heterocycles. The zero-order valence-corrected chi connectivity index (χ0v) is 14.0. The second-order valence-corrected chi connectivity index (χ2v) is 5.24. The third kappa shape index (κ3) is 4.58. The van der Waals surface area contributed by atoms with Crippen LogP contribution in [0, 0.1) is 11.3 Å². The molecule has 2 amide bonds. The fourth-order valence-electron chi connectivity index (χ4n) is 2.33. The van der Waals surface area contributed by atoms with Crippen molar-refractivity contribution in [2.75, 3.05) is 14.2 Å². The van der Waals surface area contributed by atoms with Crippen LogP contribution < -0.4 is 14.8 Å². The topological polar surface area (TPSA) is 88.4 Å². The zero-order valence-electron chi connectivity index (χ0n) is 14.0. The first-order valence-corrected chi connectivity index (χ1v) is 7.59. The van der Waals surface area contributed by atoms with Crippen LogP contribution in [0.5, 0.6) is 11.5 Å². The van der Waals surface area contributed by atoms with Crippen molar-refractivity contribution in [2.45, 2.75) is 12.3 Å². The summed E-state index contributed by atoms with van der Waals surface area (Å²) < 4.78 is 10.4. The molecule has 0 bridgehead atoms. The lowest BCUT2D eigenvalue weighted by Gasteiger charge is -2.13. The number of ether oxygens (including phenoxy) is 2. The third-order valence-corrected chi connectivity index (χ3v) is 3.64. The van der Waals surface area contributed by atoms with Gasteiger partial charge in [-0.3, -0.25) is 14.9 Å². The minimum Gasteiger partial charge on any atom is -0.493 e. The molecule has 0 aliphatic rings. The average Bonchev–Trinajstić information content (AvgIpc) is 2.66. The summed E-state index contributed by atoms with van der Waals surface area (Å²) >= 11 is 0. The van der Waals surface area contributed by atoms with Gasteiger partial charge >= 0.3 is 0 Å². The summed E-state index contributed by atoms with van der Waals surface area (Å²) in [6, 6.07) is 15.5. The molecule has 0 spiro atoms. The molecule has 25 heavy (non-hydrogen) atoms. The van der Waals surface area contributed by atoms with E-state index in [0.717, 1.165) is 0 Å². The number of benzene rings is 2. The Morgan fingerprint density at radius 3 is 2.36 bits per heavy atom. The van der Waals surface area contributed by atoms with Gasteiger partial charge in [0.15, 0.2) is 11.5 Å². The summed E-state index contributed by atoms with van der Waals surface area (Å²) in [5.74, 6) is -0.708. The fraction of sp³-hybridized carbons (Fsp3) is 0.211. The van der Waals surface area contributed by atoms with Crippen molar-refractivity contribution in [3.05, 3.63) is 59.7 Å². The molecule has 0 saturated heterocycles. The van der Waals surface area contributed by atoms with E-state index in [-0.39, 0.29) is 6.42 Å². The number of nitrogens with zero attached hydrogens (tertiary/aromatic N) is 1. The summed E-state index contributed by atoms with van der Waals surface area (Å²) in [6.45, 7) is 0. The first-order valence-electron chi connectivity index (χ1n) is 7.59. The highest BCUT2D eigenvalue weighted by Crippen LogP contribution is 2.31. The van der Waals surface area contributed by atoms with Gasteiger partial charge in [0.05, 0.1) is 26.2 Å². The number of hydrogen-bond donors (Lipinski definition) is 1. The first-order chi connectivity index (χ1) is 12.1. The highest BCUT2D eigenvalue weighted by atomic mass is 16.5. The van der Waals surface area contributed by atoms with Crippen molar-refractivity contribution in [2.24, 2.45) is 0 Å². The number of amides is 2. The molecule has 0 radical (unpaired) electrons. The summed E-state index contributed by atoms with van der Waals surface area (Å²) in [4.78, 5) is 24.1. The highest BCUT2D eigenvalue weighted by Gasteiger charge is 2.19. The Kier molecular flexibility index (Phi) is 6.13. The van der Waals surface area contributed by atoms with Gasteiger partial charge in [-0.15, -0.1) is 0 Å². The van der Waals surface area contributed by atoms with E-state index >= 15 is 0 Å². The van der Waals surface area contributed by atoms with Crippen LogP contribution in [0.25, 0.3) is 0 Å². The van der Waals surface area contributed by atoms with Crippen LogP contribution >= 0.6 is 0 Å². The number of nitrogens with one attached hydrogen (secondary N) is 1. The molecule has 0 aromatic heterocycles. The molecule has 6 heteroatoms. The van der Waals surface area contributed by atoms with Crippen molar-refractivity contribution in [1.29, 1.82) is 5.26 Å². The summed E-state index contributed by atoms with van der Waals surface area (Å²) in [5, 5.41) is 11.7. The van der Waals surface area contributed by atoms with Crippen LogP contribution in [0.3, 0.4) is 0 Å². The molecule has 0 heterocycles. The van der Waals surface area contributed by atoms with Gasteiger partial charge in [0.25, 0.3) is 5.91 Å². The minimum atomic E-state index is -0.705. The van der Waals surface area contributed by atoms with Gasteiger partial charge < -0.3 is 9.47 Å². The monoisotopic (exact) mass is 338 g/mol. The second-order valence-electron chi connectivity index (χ2n) is 5.24. The van der Waals surface area contributed by atoms with Crippen molar-refractivity contribution in [3.8, 4) is 17.6 Å². The normalized spacial score (nSPS) is 11.1.